The Morgan fingerprint density at radius 3 is 2.81 bits per heavy atom. The summed E-state index contributed by atoms with van der Waals surface area (Å²) < 4.78 is 8.41. The normalized spacial score (nSPS) is 25.7. The van der Waals surface area contributed by atoms with Gasteiger partial charge in [0, 0.05) is 29.2 Å². The van der Waals surface area contributed by atoms with Crippen LogP contribution >= 0.6 is 15.9 Å². The van der Waals surface area contributed by atoms with Gasteiger partial charge in [-0.15, -0.1) is 0 Å². The number of nitrogens with one attached hydrogen (secondary N) is 1. The second-order valence-electron chi connectivity index (χ2n) is 9.38. The average molecular weight is 498 g/mol. The molecule has 2 amide bonds. The van der Waals surface area contributed by atoms with Crippen LogP contribution in [0, 0.1) is 5.92 Å². The van der Waals surface area contributed by atoms with Crippen molar-refractivity contribution in [2.75, 3.05) is 0 Å². The molecule has 5 rings (SSSR count). The van der Waals surface area contributed by atoms with Crippen molar-refractivity contribution in [3.63, 3.8) is 0 Å². The molecule has 3 atom stereocenters. The van der Waals surface area contributed by atoms with Crippen LogP contribution < -0.4 is 5.32 Å². The minimum Gasteiger partial charge on any atom is -0.463 e. The zero-order valence-electron chi connectivity index (χ0n) is 18.4. The van der Waals surface area contributed by atoms with E-state index in [0.29, 0.717) is 30.3 Å². The maximum Gasteiger partial charge on any atom is 0.271 e. The minimum absolute atomic E-state index is 0.0901. The van der Waals surface area contributed by atoms with E-state index in [-0.39, 0.29) is 17.9 Å². The van der Waals surface area contributed by atoms with Crippen LogP contribution in [0.3, 0.4) is 0 Å². The number of amides is 2. The number of carbonyl (C=O) groups excluding carboxylic acids is 2. The molecule has 1 aromatic carbocycles. The quantitative estimate of drug-likeness (QED) is 0.544. The Bertz CT molecular complexity index is 1180. The van der Waals surface area contributed by atoms with Gasteiger partial charge in [-0.1, -0.05) is 53.9 Å². The van der Waals surface area contributed by atoms with Gasteiger partial charge in [0.25, 0.3) is 5.91 Å². The summed E-state index contributed by atoms with van der Waals surface area (Å²) in [5, 5.41) is 3.31. The number of rotatable bonds is 4. The highest BCUT2D eigenvalue weighted by atomic mass is 79.9. The second kappa shape index (κ2) is 8.10. The number of hydrogen-bond acceptors (Lipinski definition) is 3. The maximum absolute atomic E-state index is 13.8. The number of benzene rings is 1. The lowest BCUT2D eigenvalue weighted by atomic mass is 9.85. The Kier molecular flexibility index (Phi) is 5.40. The summed E-state index contributed by atoms with van der Waals surface area (Å²) in [5.41, 5.74) is 2.01. The Balaban J connectivity index is 1.54. The summed E-state index contributed by atoms with van der Waals surface area (Å²) >= 11 is 3.60. The van der Waals surface area contributed by atoms with Crippen molar-refractivity contribution in [3.05, 3.63) is 58.4 Å². The van der Waals surface area contributed by atoms with E-state index in [2.05, 4.69) is 28.2 Å². The first-order chi connectivity index (χ1) is 15.4. The van der Waals surface area contributed by atoms with Crippen molar-refractivity contribution in [1.29, 1.82) is 0 Å². The lowest BCUT2D eigenvalue weighted by Crippen LogP contribution is -2.65. The first-order valence-electron chi connectivity index (χ1n) is 11.3. The van der Waals surface area contributed by atoms with Crippen LogP contribution in [-0.4, -0.2) is 32.9 Å². The van der Waals surface area contributed by atoms with Crippen LogP contribution in [0.2, 0.25) is 0 Å². The van der Waals surface area contributed by atoms with E-state index in [4.69, 9.17) is 4.42 Å². The van der Waals surface area contributed by atoms with Gasteiger partial charge in [-0.2, -0.15) is 0 Å². The number of carbonyl (C=O) groups is 2. The topological polar surface area (TPSA) is 67.5 Å². The largest absolute Gasteiger partial charge is 0.463 e. The van der Waals surface area contributed by atoms with E-state index in [1.54, 1.807) is 17.2 Å². The molecule has 1 aliphatic carbocycles. The lowest BCUT2D eigenvalue weighted by molar-refractivity contribution is -0.134. The zero-order valence-corrected chi connectivity index (χ0v) is 20.0. The molecule has 0 saturated heterocycles. The highest BCUT2D eigenvalue weighted by Crippen LogP contribution is 2.35. The van der Waals surface area contributed by atoms with E-state index in [0.717, 1.165) is 34.8 Å². The van der Waals surface area contributed by atoms with Crippen molar-refractivity contribution >= 4 is 38.8 Å². The Morgan fingerprint density at radius 1 is 1.25 bits per heavy atom. The summed E-state index contributed by atoms with van der Waals surface area (Å²) in [6, 6.07) is 11.6. The summed E-state index contributed by atoms with van der Waals surface area (Å²) in [7, 11) is 0. The number of fused-ring (bicyclic) bond motifs is 3. The molecular weight excluding hydrogens is 470 g/mol. The highest BCUT2D eigenvalue weighted by molar-refractivity contribution is 9.10. The zero-order chi connectivity index (χ0) is 22.5. The molecule has 0 unspecified atom stereocenters. The molecule has 2 aliphatic rings. The fourth-order valence-corrected chi connectivity index (χ4v) is 5.58. The molecule has 2 aromatic heterocycles. The summed E-state index contributed by atoms with van der Waals surface area (Å²) in [5.74, 6) is 0.190. The maximum atomic E-state index is 13.8. The number of aromatic nitrogens is 1. The van der Waals surface area contributed by atoms with Gasteiger partial charge >= 0.3 is 0 Å². The van der Waals surface area contributed by atoms with Gasteiger partial charge in [0.1, 0.15) is 11.2 Å². The monoisotopic (exact) mass is 497 g/mol. The van der Waals surface area contributed by atoms with Gasteiger partial charge in [-0.3, -0.25) is 9.59 Å². The standard InChI is InChI=1S/C25H28BrN3O3/c1-16-7-3-6-10-19(16)27-24(31)25(2)15-28-20-11-12-32-22(20)13-21(28)23(30)29(25)14-17-8-4-5-9-18(17)26/h4-5,8-9,11-13,16,19H,3,6-7,10,14-15H2,1-2H3,(H,27,31)/t16-,19-,25-/m1/s1. The van der Waals surface area contributed by atoms with Crippen LogP contribution in [0.1, 0.15) is 55.6 Å². The molecule has 1 aliphatic heterocycles. The third-order valence-electron chi connectivity index (χ3n) is 7.25. The van der Waals surface area contributed by atoms with Crippen molar-refractivity contribution in [1.82, 2.24) is 14.8 Å². The SMILES string of the molecule is C[C@@H]1CCCC[C@H]1NC(=O)[C@@]1(C)Cn2c(cc3occc32)C(=O)N1Cc1ccccc1Br. The van der Waals surface area contributed by atoms with E-state index in [9.17, 15) is 9.59 Å². The van der Waals surface area contributed by atoms with Crippen molar-refractivity contribution in [2.24, 2.45) is 5.92 Å². The number of hydrogen-bond donors (Lipinski definition) is 1. The van der Waals surface area contributed by atoms with Crippen molar-refractivity contribution in [3.8, 4) is 0 Å². The second-order valence-corrected chi connectivity index (χ2v) is 10.2. The molecule has 1 fully saturated rings. The lowest BCUT2D eigenvalue weighted by Gasteiger charge is -2.45. The molecule has 168 valence electrons. The van der Waals surface area contributed by atoms with Crippen LogP contribution in [0.25, 0.3) is 11.1 Å². The molecule has 7 heteroatoms. The molecule has 6 nitrogen and oxygen atoms in total. The summed E-state index contributed by atoms with van der Waals surface area (Å²) in [4.78, 5) is 29.3. The van der Waals surface area contributed by atoms with Gasteiger partial charge in [-0.25, -0.2) is 0 Å². The van der Waals surface area contributed by atoms with Crippen LogP contribution in [-0.2, 0) is 17.9 Å². The molecule has 1 saturated carbocycles. The highest BCUT2D eigenvalue weighted by Gasteiger charge is 2.48. The molecule has 0 bridgehead atoms. The predicted molar refractivity (Wildman–Crippen MR) is 126 cm³/mol. The molecule has 0 spiro atoms. The smallest absolute Gasteiger partial charge is 0.271 e. The third kappa shape index (κ3) is 3.47. The van der Waals surface area contributed by atoms with E-state index >= 15 is 0 Å². The molecule has 3 aromatic rings. The number of halogens is 1. The molecule has 0 radical (unpaired) electrons. The van der Waals surface area contributed by atoms with E-state index in [1.165, 1.54) is 6.42 Å². The van der Waals surface area contributed by atoms with Crippen LogP contribution in [0.15, 0.2) is 51.6 Å². The van der Waals surface area contributed by atoms with Gasteiger partial charge < -0.3 is 19.2 Å². The molecule has 1 N–H and O–H groups in total. The predicted octanol–water partition coefficient (Wildman–Crippen LogP) is 5.11. The minimum atomic E-state index is -1.03. The third-order valence-corrected chi connectivity index (χ3v) is 8.03. The number of furan rings is 1. The van der Waals surface area contributed by atoms with Gasteiger partial charge in [0.15, 0.2) is 5.58 Å². The van der Waals surface area contributed by atoms with E-state index in [1.807, 2.05) is 41.8 Å². The Labute approximate surface area is 196 Å². The average Bonchev–Trinajstić information content (AvgIpc) is 3.36. The Hall–Kier alpha value is -2.54. The van der Waals surface area contributed by atoms with Crippen molar-refractivity contribution < 1.29 is 14.0 Å². The van der Waals surface area contributed by atoms with Crippen LogP contribution in [0.5, 0.6) is 0 Å². The molecule has 3 heterocycles. The Morgan fingerprint density at radius 2 is 2.03 bits per heavy atom. The first kappa shape index (κ1) is 21.3. The van der Waals surface area contributed by atoms with Gasteiger partial charge in [-0.05, 0) is 37.3 Å². The first-order valence-corrected chi connectivity index (χ1v) is 12.1. The van der Waals surface area contributed by atoms with Gasteiger partial charge in [0.05, 0.1) is 18.3 Å². The summed E-state index contributed by atoms with van der Waals surface area (Å²) in [6.45, 7) is 4.82. The van der Waals surface area contributed by atoms with E-state index < -0.39 is 5.54 Å². The fraction of sp³-hybridized carbons (Fsp3) is 0.440. The fourth-order valence-electron chi connectivity index (χ4n) is 5.17. The van der Waals surface area contributed by atoms with Crippen LogP contribution in [0.4, 0.5) is 0 Å². The van der Waals surface area contributed by atoms with Crippen molar-refractivity contribution in [2.45, 2.75) is 64.2 Å². The molecule has 32 heavy (non-hydrogen) atoms. The molecular formula is C25H28BrN3O3. The summed E-state index contributed by atoms with van der Waals surface area (Å²) in [6.07, 6.45) is 6.07. The van der Waals surface area contributed by atoms with Gasteiger partial charge in [0.2, 0.25) is 5.91 Å². The number of nitrogens with zero attached hydrogens (tertiary/aromatic N) is 2.